The fraction of sp³-hybridized carbons (Fsp3) is 0.533. The molecule has 0 spiro atoms. The third-order valence-corrected chi connectivity index (χ3v) is 4.37. The molecular formula is C15H22BrN3O. The van der Waals surface area contributed by atoms with E-state index >= 15 is 0 Å². The van der Waals surface area contributed by atoms with E-state index in [9.17, 15) is 4.79 Å². The van der Waals surface area contributed by atoms with Crippen LogP contribution in [0.5, 0.6) is 0 Å². The van der Waals surface area contributed by atoms with Gasteiger partial charge in [0.05, 0.1) is 5.56 Å². The van der Waals surface area contributed by atoms with Crippen molar-refractivity contribution < 1.29 is 4.79 Å². The van der Waals surface area contributed by atoms with E-state index in [1.54, 1.807) is 6.07 Å². The smallest absolute Gasteiger partial charge is 0.256 e. The number of anilines is 1. The summed E-state index contributed by atoms with van der Waals surface area (Å²) in [7, 11) is 2.12. The summed E-state index contributed by atoms with van der Waals surface area (Å²) >= 11 is 3.38. The van der Waals surface area contributed by atoms with Crippen molar-refractivity contribution in [1.82, 2.24) is 9.80 Å². The first kappa shape index (κ1) is 15.3. The molecule has 0 radical (unpaired) electrons. The van der Waals surface area contributed by atoms with Gasteiger partial charge in [0.2, 0.25) is 0 Å². The Morgan fingerprint density at radius 1 is 1.45 bits per heavy atom. The zero-order valence-electron chi connectivity index (χ0n) is 12.1. The number of hydrogen-bond donors (Lipinski definition) is 1. The number of halogens is 1. The van der Waals surface area contributed by atoms with Crippen LogP contribution in [-0.2, 0) is 0 Å². The molecule has 1 aromatic rings. The number of benzene rings is 1. The van der Waals surface area contributed by atoms with E-state index in [0.717, 1.165) is 36.9 Å². The number of amides is 1. The van der Waals surface area contributed by atoms with Gasteiger partial charge in [-0.1, -0.05) is 22.9 Å². The van der Waals surface area contributed by atoms with Gasteiger partial charge in [-0.2, -0.15) is 0 Å². The highest BCUT2D eigenvalue weighted by atomic mass is 79.9. The second-order valence-corrected chi connectivity index (χ2v) is 6.32. The van der Waals surface area contributed by atoms with Gasteiger partial charge < -0.3 is 15.5 Å². The molecule has 20 heavy (non-hydrogen) atoms. The second-order valence-electron chi connectivity index (χ2n) is 5.41. The number of nitrogens with zero attached hydrogens (tertiary/aromatic N) is 2. The Bertz CT molecular complexity index is 492. The van der Waals surface area contributed by atoms with E-state index in [1.165, 1.54) is 0 Å². The monoisotopic (exact) mass is 339 g/mol. The Morgan fingerprint density at radius 3 is 2.85 bits per heavy atom. The number of nitrogens with two attached hydrogens (primary N) is 1. The molecular weight excluding hydrogens is 318 g/mol. The number of carbonyl (C=O) groups excluding carboxylic acids is 1. The molecule has 0 aliphatic carbocycles. The van der Waals surface area contributed by atoms with Crippen molar-refractivity contribution in [1.29, 1.82) is 0 Å². The molecule has 2 N–H and O–H groups in total. The number of hydrogen-bond acceptors (Lipinski definition) is 3. The van der Waals surface area contributed by atoms with Gasteiger partial charge in [0.1, 0.15) is 0 Å². The Morgan fingerprint density at radius 2 is 2.20 bits per heavy atom. The summed E-state index contributed by atoms with van der Waals surface area (Å²) in [5.74, 6) is 0.0529. The third kappa shape index (κ3) is 3.33. The summed E-state index contributed by atoms with van der Waals surface area (Å²) in [4.78, 5) is 17.1. The lowest BCUT2D eigenvalue weighted by atomic mass is 10.1. The molecule has 5 heteroatoms. The first-order chi connectivity index (χ1) is 9.52. The van der Waals surface area contributed by atoms with Gasteiger partial charge in [0.25, 0.3) is 5.91 Å². The summed E-state index contributed by atoms with van der Waals surface area (Å²) in [6, 6.07) is 5.73. The van der Waals surface area contributed by atoms with Crippen LogP contribution >= 0.6 is 15.9 Å². The minimum atomic E-state index is 0.0529. The first-order valence-corrected chi connectivity index (χ1v) is 7.86. The molecule has 1 heterocycles. The van der Waals surface area contributed by atoms with E-state index in [2.05, 4.69) is 34.8 Å². The van der Waals surface area contributed by atoms with Crippen LogP contribution in [-0.4, -0.2) is 48.4 Å². The highest BCUT2D eigenvalue weighted by molar-refractivity contribution is 9.10. The van der Waals surface area contributed by atoms with Crippen LogP contribution in [0.4, 0.5) is 5.69 Å². The SMILES string of the molecule is CCC1CN(C)CCCN1C(=O)c1ccc(Br)cc1N. The number of carbonyl (C=O) groups is 1. The molecule has 1 fully saturated rings. The van der Waals surface area contributed by atoms with Crippen molar-refractivity contribution in [3.05, 3.63) is 28.2 Å². The maximum absolute atomic E-state index is 12.8. The van der Waals surface area contributed by atoms with Crippen LogP contribution in [0, 0.1) is 0 Å². The van der Waals surface area contributed by atoms with Gasteiger partial charge in [-0.25, -0.2) is 0 Å². The second kappa shape index (κ2) is 6.59. The third-order valence-electron chi connectivity index (χ3n) is 3.88. The quantitative estimate of drug-likeness (QED) is 0.842. The van der Waals surface area contributed by atoms with Crippen LogP contribution in [0.1, 0.15) is 30.1 Å². The fourth-order valence-corrected chi connectivity index (χ4v) is 3.12. The van der Waals surface area contributed by atoms with E-state index in [-0.39, 0.29) is 11.9 Å². The van der Waals surface area contributed by atoms with Crippen molar-refractivity contribution >= 4 is 27.5 Å². The van der Waals surface area contributed by atoms with Crippen molar-refractivity contribution in [2.45, 2.75) is 25.8 Å². The lowest BCUT2D eigenvalue weighted by molar-refractivity contribution is 0.0677. The van der Waals surface area contributed by atoms with Gasteiger partial charge in [0, 0.05) is 29.3 Å². The summed E-state index contributed by atoms with van der Waals surface area (Å²) in [5.41, 5.74) is 7.14. The zero-order chi connectivity index (χ0) is 14.7. The maximum Gasteiger partial charge on any atom is 0.256 e. The van der Waals surface area contributed by atoms with Crippen molar-refractivity contribution in [3.63, 3.8) is 0 Å². The number of rotatable bonds is 2. The largest absolute Gasteiger partial charge is 0.398 e. The Balaban J connectivity index is 2.25. The highest BCUT2D eigenvalue weighted by Gasteiger charge is 2.27. The van der Waals surface area contributed by atoms with Gasteiger partial charge >= 0.3 is 0 Å². The van der Waals surface area contributed by atoms with Crippen LogP contribution in [0.15, 0.2) is 22.7 Å². The molecule has 1 saturated heterocycles. The first-order valence-electron chi connectivity index (χ1n) is 7.07. The van der Waals surface area contributed by atoms with Crippen molar-refractivity contribution in [2.75, 3.05) is 32.4 Å². The number of likely N-dealkylation sites (N-methyl/N-ethyl adjacent to an activating group) is 1. The molecule has 110 valence electrons. The Hall–Kier alpha value is -1.07. The van der Waals surface area contributed by atoms with E-state index in [1.807, 2.05) is 17.0 Å². The molecule has 4 nitrogen and oxygen atoms in total. The zero-order valence-corrected chi connectivity index (χ0v) is 13.7. The summed E-state index contributed by atoms with van der Waals surface area (Å²) in [6.45, 7) is 4.90. The maximum atomic E-state index is 12.8. The average Bonchev–Trinajstić information content (AvgIpc) is 2.59. The number of nitrogen functional groups attached to an aromatic ring is 1. The van der Waals surface area contributed by atoms with Crippen LogP contribution in [0.25, 0.3) is 0 Å². The highest BCUT2D eigenvalue weighted by Crippen LogP contribution is 2.22. The molecule has 1 unspecified atom stereocenters. The summed E-state index contributed by atoms with van der Waals surface area (Å²) in [6.07, 6.45) is 1.97. The molecule has 0 aromatic heterocycles. The van der Waals surface area contributed by atoms with Gasteiger partial charge in [-0.05, 0) is 44.6 Å². The molecule has 1 aliphatic rings. The molecule has 1 aliphatic heterocycles. The molecule has 0 bridgehead atoms. The minimum absolute atomic E-state index is 0.0529. The van der Waals surface area contributed by atoms with Crippen molar-refractivity contribution in [3.8, 4) is 0 Å². The predicted octanol–water partition coefficient (Wildman–Crippen LogP) is 2.59. The van der Waals surface area contributed by atoms with Crippen molar-refractivity contribution in [2.24, 2.45) is 0 Å². The lowest BCUT2D eigenvalue weighted by Crippen LogP contribution is -2.43. The standard InChI is InChI=1S/C15H22BrN3O/c1-3-12-10-18(2)7-4-8-19(12)15(20)13-6-5-11(16)9-14(13)17/h5-6,9,12H,3-4,7-8,10,17H2,1-2H3. The van der Waals surface area contributed by atoms with Crippen LogP contribution in [0.2, 0.25) is 0 Å². The summed E-state index contributed by atoms with van der Waals surface area (Å²) < 4.78 is 0.897. The average molecular weight is 340 g/mol. The van der Waals surface area contributed by atoms with Crippen LogP contribution < -0.4 is 5.73 Å². The molecule has 1 atom stereocenters. The molecule has 1 aromatic carbocycles. The van der Waals surface area contributed by atoms with Gasteiger partial charge in [0.15, 0.2) is 0 Å². The fourth-order valence-electron chi connectivity index (χ4n) is 2.74. The van der Waals surface area contributed by atoms with Gasteiger partial charge in [-0.3, -0.25) is 4.79 Å². The van der Waals surface area contributed by atoms with E-state index in [0.29, 0.717) is 11.3 Å². The van der Waals surface area contributed by atoms with Gasteiger partial charge in [-0.15, -0.1) is 0 Å². The molecule has 1 amide bonds. The van der Waals surface area contributed by atoms with E-state index < -0.39 is 0 Å². The molecule has 2 rings (SSSR count). The molecule has 0 saturated carbocycles. The Labute approximate surface area is 129 Å². The Kier molecular flexibility index (Phi) is 5.05. The minimum Gasteiger partial charge on any atom is -0.398 e. The normalized spacial score (nSPS) is 20.8. The van der Waals surface area contributed by atoms with E-state index in [4.69, 9.17) is 5.73 Å². The lowest BCUT2D eigenvalue weighted by Gasteiger charge is -2.30. The topological polar surface area (TPSA) is 49.6 Å². The predicted molar refractivity (Wildman–Crippen MR) is 85.8 cm³/mol. The summed E-state index contributed by atoms with van der Waals surface area (Å²) in [5, 5.41) is 0. The van der Waals surface area contributed by atoms with Crippen LogP contribution in [0.3, 0.4) is 0 Å².